The Labute approximate surface area is 113 Å². The number of hydrogen-bond donors (Lipinski definition) is 1. The van der Waals surface area contributed by atoms with Crippen LogP contribution in [0, 0.1) is 37.1 Å². The molecule has 1 nitrogen and oxygen atoms in total. The van der Waals surface area contributed by atoms with Crippen molar-refractivity contribution in [3.05, 3.63) is 69.8 Å². The van der Waals surface area contributed by atoms with Crippen molar-refractivity contribution in [3.8, 4) is 0 Å². The Bertz CT molecular complexity index is 667. The number of benzene rings is 2. The number of rotatable bonds is 2. The maximum atomic E-state index is 13.9. The molecule has 0 amide bonds. The molecule has 0 bridgehead atoms. The lowest BCUT2D eigenvalue weighted by molar-refractivity contribution is 0.203. The maximum absolute atomic E-state index is 13.9. The number of halogens is 4. The van der Waals surface area contributed by atoms with Gasteiger partial charge in [-0.2, -0.15) is 0 Å². The van der Waals surface area contributed by atoms with Crippen LogP contribution in [0.3, 0.4) is 0 Å². The van der Waals surface area contributed by atoms with Gasteiger partial charge in [0.05, 0.1) is 5.56 Å². The summed E-state index contributed by atoms with van der Waals surface area (Å²) in [5.74, 6) is -3.77. The summed E-state index contributed by atoms with van der Waals surface area (Å²) in [6.07, 6.45) is -1.84. The van der Waals surface area contributed by atoms with Gasteiger partial charge in [0.1, 0.15) is 29.4 Å². The fraction of sp³-hybridized carbons (Fsp3) is 0.200. The summed E-state index contributed by atoms with van der Waals surface area (Å²) >= 11 is 0. The Balaban J connectivity index is 2.60. The van der Waals surface area contributed by atoms with Gasteiger partial charge in [-0.05, 0) is 37.1 Å². The van der Waals surface area contributed by atoms with Crippen LogP contribution in [0.15, 0.2) is 24.3 Å². The highest BCUT2D eigenvalue weighted by molar-refractivity contribution is 5.37. The Morgan fingerprint density at radius 2 is 1.50 bits per heavy atom. The number of aliphatic hydroxyl groups excluding tert-OH is 1. The molecule has 0 fully saturated rings. The summed E-state index contributed by atoms with van der Waals surface area (Å²) in [6.45, 7) is 2.77. The largest absolute Gasteiger partial charge is 0.383 e. The van der Waals surface area contributed by atoms with Crippen LogP contribution in [0.25, 0.3) is 0 Å². The predicted molar refractivity (Wildman–Crippen MR) is 66.3 cm³/mol. The van der Waals surface area contributed by atoms with Crippen molar-refractivity contribution in [1.82, 2.24) is 0 Å². The molecule has 0 aliphatic heterocycles. The molecular weight excluding hydrogens is 272 g/mol. The van der Waals surface area contributed by atoms with E-state index in [1.807, 2.05) is 0 Å². The Hall–Kier alpha value is -1.88. The third-order valence-corrected chi connectivity index (χ3v) is 3.17. The SMILES string of the molecule is Cc1cc(C(O)c2c(F)ccc(C)c2F)c(F)cc1F. The average Bonchev–Trinajstić information content (AvgIpc) is 2.38. The maximum Gasteiger partial charge on any atom is 0.135 e. The fourth-order valence-corrected chi connectivity index (χ4v) is 1.97. The first-order chi connectivity index (χ1) is 9.32. The van der Waals surface area contributed by atoms with Gasteiger partial charge in [0.25, 0.3) is 0 Å². The molecule has 5 heteroatoms. The first kappa shape index (κ1) is 14.5. The summed E-state index contributed by atoms with van der Waals surface area (Å²) in [5, 5.41) is 10.0. The van der Waals surface area contributed by atoms with E-state index in [0.29, 0.717) is 6.07 Å². The van der Waals surface area contributed by atoms with Gasteiger partial charge in [0.2, 0.25) is 0 Å². The first-order valence-corrected chi connectivity index (χ1v) is 5.91. The molecule has 0 saturated carbocycles. The molecule has 20 heavy (non-hydrogen) atoms. The van der Waals surface area contributed by atoms with Crippen LogP contribution >= 0.6 is 0 Å². The van der Waals surface area contributed by atoms with Crippen LogP contribution in [-0.4, -0.2) is 5.11 Å². The van der Waals surface area contributed by atoms with Crippen molar-refractivity contribution >= 4 is 0 Å². The van der Waals surface area contributed by atoms with Crippen molar-refractivity contribution in [2.45, 2.75) is 20.0 Å². The molecule has 2 aromatic carbocycles. The number of aliphatic hydroxyl groups is 1. The zero-order valence-corrected chi connectivity index (χ0v) is 10.8. The molecule has 2 aromatic rings. The van der Waals surface area contributed by atoms with Crippen LogP contribution in [-0.2, 0) is 0 Å². The molecule has 1 unspecified atom stereocenters. The topological polar surface area (TPSA) is 20.2 Å². The fourth-order valence-electron chi connectivity index (χ4n) is 1.97. The zero-order chi connectivity index (χ0) is 15.0. The molecule has 1 atom stereocenters. The van der Waals surface area contributed by atoms with Crippen molar-refractivity contribution in [3.63, 3.8) is 0 Å². The van der Waals surface area contributed by atoms with Crippen LogP contribution in [0.4, 0.5) is 17.6 Å². The van der Waals surface area contributed by atoms with E-state index in [2.05, 4.69) is 0 Å². The summed E-state index contributed by atoms with van der Waals surface area (Å²) in [5.41, 5.74) is -0.809. The standard InChI is InChI=1S/C15H12F4O/c1-7-3-4-10(16)13(14(7)19)15(20)9-5-8(2)11(17)6-12(9)18/h3-6,15,20H,1-2H3. The van der Waals surface area contributed by atoms with E-state index >= 15 is 0 Å². The normalized spacial score (nSPS) is 12.6. The van der Waals surface area contributed by atoms with Gasteiger partial charge in [0, 0.05) is 11.6 Å². The van der Waals surface area contributed by atoms with Crippen LogP contribution in [0.2, 0.25) is 0 Å². The van der Waals surface area contributed by atoms with Gasteiger partial charge in [0.15, 0.2) is 0 Å². The van der Waals surface area contributed by atoms with Crippen molar-refractivity contribution in [2.24, 2.45) is 0 Å². The van der Waals surface area contributed by atoms with E-state index in [-0.39, 0.29) is 16.7 Å². The second kappa shape index (κ2) is 5.25. The first-order valence-electron chi connectivity index (χ1n) is 5.91. The van der Waals surface area contributed by atoms with Crippen LogP contribution < -0.4 is 0 Å². The Kier molecular flexibility index (Phi) is 3.81. The van der Waals surface area contributed by atoms with Gasteiger partial charge in [-0.15, -0.1) is 0 Å². The molecule has 2 rings (SSSR count). The summed E-state index contributed by atoms with van der Waals surface area (Å²) in [6, 6.07) is 3.83. The van der Waals surface area contributed by atoms with E-state index in [1.165, 1.54) is 19.9 Å². The summed E-state index contributed by atoms with van der Waals surface area (Å²) in [4.78, 5) is 0. The second-order valence-electron chi connectivity index (χ2n) is 4.62. The molecule has 1 N–H and O–H groups in total. The third kappa shape index (κ3) is 2.41. The van der Waals surface area contributed by atoms with E-state index < -0.39 is 34.9 Å². The minimum Gasteiger partial charge on any atom is -0.383 e. The van der Waals surface area contributed by atoms with Crippen molar-refractivity contribution in [2.75, 3.05) is 0 Å². The van der Waals surface area contributed by atoms with Gasteiger partial charge >= 0.3 is 0 Å². The number of aryl methyl sites for hydroxylation is 2. The summed E-state index contributed by atoms with van der Waals surface area (Å²) < 4.78 is 54.5. The Morgan fingerprint density at radius 1 is 0.850 bits per heavy atom. The van der Waals surface area contributed by atoms with Crippen molar-refractivity contribution in [1.29, 1.82) is 0 Å². The van der Waals surface area contributed by atoms with E-state index in [9.17, 15) is 22.7 Å². The Morgan fingerprint density at radius 3 is 2.15 bits per heavy atom. The van der Waals surface area contributed by atoms with E-state index in [1.54, 1.807) is 0 Å². The van der Waals surface area contributed by atoms with Gasteiger partial charge in [-0.1, -0.05) is 6.07 Å². The van der Waals surface area contributed by atoms with Crippen LogP contribution in [0.1, 0.15) is 28.4 Å². The molecule has 0 radical (unpaired) electrons. The van der Waals surface area contributed by atoms with Gasteiger partial charge < -0.3 is 5.11 Å². The minimum atomic E-state index is -1.84. The third-order valence-electron chi connectivity index (χ3n) is 3.17. The molecule has 106 valence electrons. The smallest absolute Gasteiger partial charge is 0.135 e. The highest BCUT2D eigenvalue weighted by Gasteiger charge is 2.24. The minimum absolute atomic E-state index is 0.0777. The van der Waals surface area contributed by atoms with Crippen molar-refractivity contribution < 1.29 is 22.7 Å². The van der Waals surface area contributed by atoms with E-state index in [4.69, 9.17) is 0 Å². The summed E-state index contributed by atoms with van der Waals surface area (Å²) in [7, 11) is 0. The lowest BCUT2D eigenvalue weighted by Gasteiger charge is -2.16. The molecule has 0 aliphatic carbocycles. The lowest BCUT2D eigenvalue weighted by Crippen LogP contribution is -2.09. The molecule has 0 aromatic heterocycles. The van der Waals surface area contributed by atoms with Gasteiger partial charge in [-0.25, -0.2) is 17.6 Å². The monoisotopic (exact) mass is 284 g/mol. The highest BCUT2D eigenvalue weighted by Crippen LogP contribution is 2.31. The van der Waals surface area contributed by atoms with Crippen LogP contribution in [0.5, 0.6) is 0 Å². The molecular formula is C15H12F4O. The zero-order valence-electron chi connectivity index (χ0n) is 10.8. The molecule has 0 spiro atoms. The lowest BCUT2D eigenvalue weighted by atomic mass is 9.97. The molecule has 0 aliphatic rings. The molecule has 0 heterocycles. The quantitative estimate of drug-likeness (QED) is 0.828. The average molecular weight is 284 g/mol. The van der Waals surface area contributed by atoms with E-state index in [0.717, 1.165) is 12.1 Å². The number of hydrogen-bond acceptors (Lipinski definition) is 1. The second-order valence-corrected chi connectivity index (χ2v) is 4.62. The molecule has 0 saturated heterocycles. The highest BCUT2D eigenvalue weighted by atomic mass is 19.1. The van der Waals surface area contributed by atoms with Gasteiger partial charge in [-0.3, -0.25) is 0 Å². The predicted octanol–water partition coefficient (Wildman–Crippen LogP) is 3.94.